The minimum atomic E-state index is -0.478. The summed E-state index contributed by atoms with van der Waals surface area (Å²) in [5.41, 5.74) is 6.15. The summed E-state index contributed by atoms with van der Waals surface area (Å²) in [5.74, 6) is -0.799. The Balaban J connectivity index is 2.80. The van der Waals surface area contributed by atoms with Gasteiger partial charge in [0, 0.05) is 5.92 Å². The van der Waals surface area contributed by atoms with Crippen molar-refractivity contribution < 1.29 is 14.3 Å². The quantitative estimate of drug-likeness (QED) is 0.790. The molecule has 110 valence electrons. The van der Waals surface area contributed by atoms with Gasteiger partial charge >= 0.3 is 5.97 Å². The van der Waals surface area contributed by atoms with E-state index in [9.17, 15) is 9.59 Å². The van der Waals surface area contributed by atoms with Gasteiger partial charge in [0.1, 0.15) is 0 Å². The van der Waals surface area contributed by atoms with Crippen molar-refractivity contribution in [3.63, 3.8) is 0 Å². The number of esters is 1. The number of rotatable bonds is 6. The standard InChI is InChI=1S/C14H19ClN2O3/c1-9(4-3-7-16)13(18)17-12-8-10(14(19)20-2)5-6-11(12)15/h5-6,8-9H,3-4,7,16H2,1-2H3,(H,17,18). The van der Waals surface area contributed by atoms with E-state index >= 15 is 0 Å². The second kappa shape index (κ2) is 7.87. The summed E-state index contributed by atoms with van der Waals surface area (Å²) in [6.07, 6.45) is 1.49. The van der Waals surface area contributed by atoms with Crippen LogP contribution in [-0.2, 0) is 9.53 Å². The van der Waals surface area contributed by atoms with Crippen LogP contribution in [0.1, 0.15) is 30.1 Å². The molecule has 0 saturated carbocycles. The van der Waals surface area contributed by atoms with Crippen LogP contribution in [0.2, 0.25) is 5.02 Å². The van der Waals surface area contributed by atoms with E-state index < -0.39 is 5.97 Å². The molecule has 0 heterocycles. The minimum Gasteiger partial charge on any atom is -0.465 e. The third-order valence-corrected chi connectivity index (χ3v) is 3.26. The molecule has 0 spiro atoms. The van der Waals surface area contributed by atoms with Gasteiger partial charge < -0.3 is 15.8 Å². The first-order valence-corrected chi connectivity index (χ1v) is 6.76. The second-order valence-electron chi connectivity index (χ2n) is 4.51. The third-order valence-electron chi connectivity index (χ3n) is 2.93. The number of carbonyl (C=O) groups is 2. The summed E-state index contributed by atoms with van der Waals surface area (Å²) in [5, 5.41) is 3.09. The lowest BCUT2D eigenvalue weighted by Crippen LogP contribution is -2.21. The monoisotopic (exact) mass is 298 g/mol. The number of halogens is 1. The fourth-order valence-electron chi connectivity index (χ4n) is 1.68. The van der Waals surface area contributed by atoms with E-state index in [1.165, 1.54) is 13.2 Å². The summed E-state index contributed by atoms with van der Waals surface area (Å²) < 4.78 is 4.63. The van der Waals surface area contributed by atoms with Crippen LogP contribution in [0.15, 0.2) is 18.2 Å². The zero-order valence-electron chi connectivity index (χ0n) is 11.6. The number of anilines is 1. The van der Waals surface area contributed by atoms with Gasteiger partial charge in [0.2, 0.25) is 5.91 Å². The Labute approximate surface area is 123 Å². The van der Waals surface area contributed by atoms with E-state index in [0.29, 0.717) is 29.2 Å². The zero-order chi connectivity index (χ0) is 15.1. The number of amides is 1. The number of carbonyl (C=O) groups excluding carboxylic acids is 2. The Hall–Kier alpha value is -1.59. The van der Waals surface area contributed by atoms with E-state index in [0.717, 1.165) is 6.42 Å². The molecular formula is C14H19ClN2O3. The summed E-state index contributed by atoms with van der Waals surface area (Å²) in [4.78, 5) is 23.4. The molecule has 1 aromatic rings. The molecule has 1 amide bonds. The van der Waals surface area contributed by atoms with Crippen molar-refractivity contribution in [2.75, 3.05) is 19.0 Å². The van der Waals surface area contributed by atoms with E-state index in [2.05, 4.69) is 10.1 Å². The van der Waals surface area contributed by atoms with Crippen LogP contribution in [0.5, 0.6) is 0 Å². The molecule has 1 rings (SSSR count). The van der Waals surface area contributed by atoms with Gasteiger partial charge in [-0.1, -0.05) is 18.5 Å². The number of benzene rings is 1. The fraction of sp³-hybridized carbons (Fsp3) is 0.429. The summed E-state index contributed by atoms with van der Waals surface area (Å²) in [7, 11) is 1.30. The van der Waals surface area contributed by atoms with Crippen molar-refractivity contribution >= 4 is 29.2 Å². The number of nitrogens with one attached hydrogen (secondary N) is 1. The molecule has 0 aliphatic rings. The van der Waals surface area contributed by atoms with Gasteiger partial charge in [-0.2, -0.15) is 0 Å². The number of hydrogen-bond acceptors (Lipinski definition) is 4. The maximum Gasteiger partial charge on any atom is 0.337 e. The lowest BCUT2D eigenvalue weighted by Gasteiger charge is -2.13. The van der Waals surface area contributed by atoms with Crippen LogP contribution in [0.25, 0.3) is 0 Å². The van der Waals surface area contributed by atoms with E-state index in [1.807, 2.05) is 6.92 Å². The zero-order valence-corrected chi connectivity index (χ0v) is 12.4. The highest BCUT2D eigenvalue weighted by atomic mass is 35.5. The van der Waals surface area contributed by atoms with Crippen LogP contribution in [0.4, 0.5) is 5.69 Å². The molecule has 1 aromatic carbocycles. The van der Waals surface area contributed by atoms with Gasteiger partial charge in [-0.15, -0.1) is 0 Å². The molecule has 0 aliphatic heterocycles. The predicted molar refractivity (Wildman–Crippen MR) is 78.9 cm³/mol. The smallest absolute Gasteiger partial charge is 0.337 e. The summed E-state index contributed by atoms with van der Waals surface area (Å²) in [6, 6.07) is 4.59. The Bertz CT molecular complexity index is 491. The first-order chi connectivity index (χ1) is 9.49. The molecule has 0 radical (unpaired) electrons. The molecule has 0 aromatic heterocycles. The normalized spacial score (nSPS) is 11.8. The number of ether oxygens (including phenoxy) is 1. The molecule has 5 nitrogen and oxygen atoms in total. The maximum atomic E-state index is 12.0. The Morgan fingerprint density at radius 2 is 2.15 bits per heavy atom. The van der Waals surface area contributed by atoms with Crippen molar-refractivity contribution in [3.05, 3.63) is 28.8 Å². The highest BCUT2D eigenvalue weighted by Crippen LogP contribution is 2.24. The van der Waals surface area contributed by atoms with Crippen LogP contribution in [0.3, 0.4) is 0 Å². The van der Waals surface area contributed by atoms with Gasteiger partial charge in [-0.25, -0.2) is 4.79 Å². The van der Waals surface area contributed by atoms with Crippen LogP contribution < -0.4 is 11.1 Å². The third kappa shape index (κ3) is 4.51. The highest BCUT2D eigenvalue weighted by molar-refractivity contribution is 6.33. The first kappa shape index (κ1) is 16.5. The molecule has 0 fully saturated rings. The summed E-state index contributed by atoms with van der Waals surface area (Å²) in [6.45, 7) is 2.37. The van der Waals surface area contributed by atoms with Gasteiger partial charge in [-0.05, 0) is 37.6 Å². The molecule has 0 bridgehead atoms. The van der Waals surface area contributed by atoms with Crippen molar-refractivity contribution in [1.29, 1.82) is 0 Å². The van der Waals surface area contributed by atoms with Crippen molar-refractivity contribution in [1.82, 2.24) is 0 Å². The molecule has 20 heavy (non-hydrogen) atoms. The molecule has 0 aliphatic carbocycles. The van der Waals surface area contributed by atoms with E-state index in [-0.39, 0.29) is 11.8 Å². The minimum absolute atomic E-state index is 0.151. The molecular weight excluding hydrogens is 280 g/mol. The van der Waals surface area contributed by atoms with Gasteiger partial charge in [0.25, 0.3) is 0 Å². The number of hydrogen-bond donors (Lipinski definition) is 2. The van der Waals surface area contributed by atoms with Gasteiger partial charge in [0.05, 0.1) is 23.4 Å². The SMILES string of the molecule is COC(=O)c1ccc(Cl)c(NC(=O)C(C)CCCN)c1. The molecule has 1 atom stereocenters. The van der Waals surface area contributed by atoms with Gasteiger partial charge in [0.15, 0.2) is 0 Å². The summed E-state index contributed by atoms with van der Waals surface area (Å²) >= 11 is 6.01. The van der Waals surface area contributed by atoms with E-state index in [1.54, 1.807) is 12.1 Å². The average Bonchev–Trinajstić information content (AvgIpc) is 2.45. The van der Waals surface area contributed by atoms with Crippen LogP contribution in [-0.4, -0.2) is 25.5 Å². The van der Waals surface area contributed by atoms with Crippen LogP contribution >= 0.6 is 11.6 Å². The van der Waals surface area contributed by atoms with Crippen molar-refractivity contribution in [2.24, 2.45) is 11.7 Å². The van der Waals surface area contributed by atoms with Gasteiger partial charge in [-0.3, -0.25) is 4.79 Å². The van der Waals surface area contributed by atoms with Crippen molar-refractivity contribution in [2.45, 2.75) is 19.8 Å². The maximum absolute atomic E-state index is 12.0. The lowest BCUT2D eigenvalue weighted by atomic mass is 10.0. The second-order valence-corrected chi connectivity index (χ2v) is 4.91. The molecule has 3 N–H and O–H groups in total. The largest absolute Gasteiger partial charge is 0.465 e. The number of nitrogens with two attached hydrogens (primary N) is 1. The van der Waals surface area contributed by atoms with E-state index in [4.69, 9.17) is 17.3 Å². The Kier molecular flexibility index (Phi) is 6.48. The molecule has 0 saturated heterocycles. The topological polar surface area (TPSA) is 81.4 Å². The highest BCUT2D eigenvalue weighted by Gasteiger charge is 2.15. The lowest BCUT2D eigenvalue weighted by molar-refractivity contribution is -0.119. The van der Waals surface area contributed by atoms with Crippen molar-refractivity contribution in [3.8, 4) is 0 Å². The predicted octanol–water partition coefficient (Wildman–Crippen LogP) is 2.44. The van der Waals surface area contributed by atoms with Crippen LogP contribution in [0, 0.1) is 5.92 Å². The average molecular weight is 299 g/mol. The molecule has 1 unspecified atom stereocenters. The first-order valence-electron chi connectivity index (χ1n) is 6.38. The number of methoxy groups -OCH3 is 1. The Morgan fingerprint density at radius 3 is 2.75 bits per heavy atom. The molecule has 6 heteroatoms. The fourth-order valence-corrected chi connectivity index (χ4v) is 1.84. The Morgan fingerprint density at radius 1 is 1.45 bits per heavy atom.